The van der Waals surface area contributed by atoms with Crippen LogP contribution in [0.4, 0.5) is 10.1 Å². The van der Waals surface area contributed by atoms with Gasteiger partial charge in [-0.1, -0.05) is 29.8 Å². The van der Waals surface area contributed by atoms with Gasteiger partial charge in [-0.05, 0) is 55.3 Å². The van der Waals surface area contributed by atoms with Gasteiger partial charge in [0.2, 0.25) is 0 Å². The van der Waals surface area contributed by atoms with E-state index in [2.05, 4.69) is 5.32 Å². The molecule has 1 N–H and O–H groups in total. The van der Waals surface area contributed by atoms with E-state index in [4.69, 9.17) is 4.42 Å². The average molecular weight is 390 g/mol. The number of nitrogens with one attached hydrogen (secondary N) is 1. The highest BCUT2D eigenvalue weighted by Gasteiger charge is 2.39. The lowest BCUT2D eigenvalue weighted by Gasteiger charge is -2.14. The molecule has 146 valence electrons. The molecular formula is C23H19FN2O3. The Kier molecular flexibility index (Phi) is 4.76. The number of halogens is 1. The maximum Gasteiger partial charge on any atom is 0.278 e. The molecule has 2 aromatic carbocycles. The molecule has 0 saturated heterocycles. The van der Waals surface area contributed by atoms with Gasteiger partial charge in [0.15, 0.2) is 0 Å². The smallest absolute Gasteiger partial charge is 0.278 e. The van der Waals surface area contributed by atoms with Crippen molar-refractivity contribution >= 4 is 23.1 Å². The van der Waals surface area contributed by atoms with Gasteiger partial charge in [-0.15, -0.1) is 0 Å². The van der Waals surface area contributed by atoms with Gasteiger partial charge in [-0.3, -0.25) is 14.5 Å². The van der Waals surface area contributed by atoms with Gasteiger partial charge in [0.25, 0.3) is 11.8 Å². The van der Waals surface area contributed by atoms with Crippen LogP contribution in [0.5, 0.6) is 0 Å². The first kappa shape index (κ1) is 18.7. The number of aryl methyl sites for hydroxylation is 2. The molecule has 0 unspecified atom stereocenters. The summed E-state index contributed by atoms with van der Waals surface area (Å²) in [5.41, 5.74) is 3.61. The van der Waals surface area contributed by atoms with Crippen molar-refractivity contribution in [3.8, 4) is 0 Å². The number of amides is 2. The van der Waals surface area contributed by atoms with Crippen molar-refractivity contribution in [1.82, 2.24) is 4.90 Å². The predicted octanol–water partition coefficient (Wildman–Crippen LogP) is 4.43. The molecule has 29 heavy (non-hydrogen) atoms. The van der Waals surface area contributed by atoms with Crippen molar-refractivity contribution in [3.05, 3.63) is 94.8 Å². The fourth-order valence-electron chi connectivity index (χ4n) is 3.37. The zero-order chi connectivity index (χ0) is 20.5. The number of hydrogen-bond donors (Lipinski definition) is 1. The quantitative estimate of drug-likeness (QED) is 0.655. The second-order valence-corrected chi connectivity index (χ2v) is 6.98. The highest BCUT2D eigenvalue weighted by Crippen LogP contribution is 2.32. The van der Waals surface area contributed by atoms with Gasteiger partial charge < -0.3 is 9.73 Å². The van der Waals surface area contributed by atoms with E-state index in [0.717, 1.165) is 21.7 Å². The second kappa shape index (κ2) is 7.39. The lowest BCUT2D eigenvalue weighted by molar-refractivity contribution is -0.137. The summed E-state index contributed by atoms with van der Waals surface area (Å²) >= 11 is 0. The van der Waals surface area contributed by atoms with Crippen molar-refractivity contribution in [3.63, 3.8) is 0 Å². The first-order chi connectivity index (χ1) is 13.9. The summed E-state index contributed by atoms with van der Waals surface area (Å²) in [7, 11) is 0. The zero-order valence-corrected chi connectivity index (χ0v) is 16.0. The largest absolute Gasteiger partial charge is 0.467 e. The van der Waals surface area contributed by atoms with Crippen LogP contribution < -0.4 is 5.32 Å². The number of carbonyl (C=O) groups excluding carboxylic acids is 2. The number of rotatable bonds is 5. The highest BCUT2D eigenvalue weighted by atomic mass is 19.1. The van der Waals surface area contributed by atoms with Gasteiger partial charge in [0, 0.05) is 5.69 Å². The molecule has 5 nitrogen and oxygen atoms in total. The van der Waals surface area contributed by atoms with Crippen molar-refractivity contribution in [2.24, 2.45) is 0 Å². The third-order valence-corrected chi connectivity index (χ3v) is 4.84. The van der Waals surface area contributed by atoms with E-state index in [-0.39, 0.29) is 17.8 Å². The minimum Gasteiger partial charge on any atom is -0.467 e. The molecular weight excluding hydrogens is 371 g/mol. The molecule has 4 rings (SSSR count). The van der Waals surface area contributed by atoms with Crippen LogP contribution in [0.2, 0.25) is 0 Å². The fourth-order valence-corrected chi connectivity index (χ4v) is 3.37. The SMILES string of the molecule is Cc1ccc(NC2=C(c3ccc(F)cc3)C(=O)N(Cc3ccco3)C2=O)c(C)c1. The van der Waals surface area contributed by atoms with Crippen molar-refractivity contribution in [2.45, 2.75) is 20.4 Å². The highest BCUT2D eigenvalue weighted by molar-refractivity contribution is 6.36. The maximum atomic E-state index is 13.4. The van der Waals surface area contributed by atoms with E-state index in [0.29, 0.717) is 11.3 Å². The summed E-state index contributed by atoms with van der Waals surface area (Å²) in [6, 6.07) is 14.7. The summed E-state index contributed by atoms with van der Waals surface area (Å²) < 4.78 is 18.7. The average Bonchev–Trinajstić information content (AvgIpc) is 3.28. The Labute approximate surface area is 167 Å². The van der Waals surface area contributed by atoms with Crippen LogP contribution in [-0.4, -0.2) is 16.7 Å². The minimum absolute atomic E-state index is 0.0213. The number of benzene rings is 2. The number of anilines is 1. The molecule has 0 bridgehead atoms. The standard InChI is InChI=1S/C23H19FN2O3/c1-14-5-10-19(15(2)12-14)25-21-20(16-6-8-17(24)9-7-16)22(27)26(23(21)28)13-18-4-3-11-29-18/h3-12,25H,13H2,1-2H3. The van der Waals surface area contributed by atoms with E-state index in [1.54, 1.807) is 12.1 Å². The lowest BCUT2D eigenvalue weighted by Crippen LogP contribution is -2.31. The Morgan fingerprint density at radius 2 is 1.76 bits per heavy atom. The van der Waals surface area contributed by atoms with Crippen LogP contribution in [0.3, 0.4) is 0 Å². The number of furan rings is 1. The maximum absolute atomic E-state index is 13.4. The minimum atomic E-state index is -0.453. The van der Waals surface area contributed by atoms with Gasteiger partial charge >= 0.3 is 0 Å². The van der Waals surface area contributed by atoms with E-state index in [1.807, 2.05) is 32.0 Å². The summed E-state index contributed by atoms with van der Waals surface area (Å²) in [5, 5.41) is 3.13. The molecule has 2 amide bonds. The summed E-state index contributed by atoms with van der Waals surface area (Å²) in [6.07, 6.45) is 1.49. The predicted molar refractivity (Wildman–Crippen MR) is 107 cm³/mol. The number of imide groups is 1. The van der Waals surface area contributed by atoms with Gasteiger partial charge in [0.05, 0.1) is 18.4 Å². The molecule has 3 aromatic rings. The molecule has 1 aromatic heterocycles. The molecule has 1 aliphatic rings. The first-order valence-electron chi connectivity index (χ1n) is 9.17. The monoisotopic (exact) mass is 390 g/mol. The molecule has 0 radical (unpaired) electrons. The fraction of sp³-hybridized carbons (Fsp3) is 0.130. The van der Waals surface area contributed by atoms with Crippen molar-refractivity contribution in [2.75, 3.05) is 5.32 Å². The van der Waals surface area contributed by atoms with Crippen LogP contribution in [0.15, 0.2) is 71.0 Å². The molecule has 2 heterocycles. The van der Waals surface area contributed by atoms with Crippen molar-refractivity contribution < 1.29 is 18.4 Å². The number of nitrogens with zero attached hydrogens (tertiary/aromatic N) is 1. The Balaban J connectivity index is 1.77. The van der Waals surface area contributed by atoms with E-state index in [9.17, 15) is 14.0 Å². The van der Waals surface area contributed by atoms with Gasteiger partial charge in [-0.2, -0.15) is 0 Å². The molecule has 0 fully saturated rings. The van der Waals surface area contributed by atoms with E-state index < -0.39 is 17.6 Å². The summed E-state index contributed by atoms with van der Waals surface area (Å²) in [4.78, 5) is 27.4. The summed E-state index contributed by atoms with van der Waals surface area (Å²) in [5.74, 6) is -0.823. The Hall–Kier alpha value is -3.67. The van der Waals surface area contributed by atoms with E-state index >= 15 is 0 Å². The van der Waals surface area contributed by atoms with Gasteiger partial charge in [-0.25, -0.2) is 4.39 Å². The molecule has 0 spiro atoms. The van der Waals surface area contributed by atoms with Crippen LogP contribution in [0.25, 0.3) is 5.57 Å². The summed E-state index contributed by atoms with van der Waals surface area (Å²) in [6.45, 7) is 3.93. The van der Waals surface area contributed by atoms with Crippen LogP contribution in [-0.2, 0) is 16.1 Å². The topological polar surface area (TPSA) is 62.6 Å². The van der Waals surface area contributed by atoms with Gasteiger partial charge in [0.1, 0.15) is 17.3 Å². The number of hydrogen-bond acceptors (Lipinski definition) is 4. The molecule has 6 heteroatoms. The third-order valence-electron chi connectivity index (χ3n) is 4.84. The van der Waals surface area contributed by atoms with Crippen molar-refractivity contribution in [1.29, 1.82) is 0 Å². The first-order valence-corrected chi connectivity index (χ1v) is 9.17. The molecule has 0 saturated carbocycles. The molecule has 1 aliphatic heterocycles. The Morgan fingerprint density at radius 3 is 2.41 bits per heavy atom. The third kappa shape index (κ3) is 3.57. The lowest BCUT2D eigenvalue weighted by atomic mass is 10.0. The Bertz CT molecular complexity index is 1120. The van der Waals surface area contributed by atoms with Crippen LogP contribution in [0, 0.1) is 19.7 Å². The zero-order valence-electron chi connectivity index (χ0n) is 16.0. The normalized spacial score (nSPS) is 14.1. The Morgan fingerprint density at radius 1 is 1.00 bits per heavy atom. The van der Waals surface area contributed by atoms with Crippen LogP contribution >= 0.6 is 0 Å². The van der Waals surface area contributed by atoms with Crippen LogP contribution in [0.1, 0.15) is 22.5 Å². The number of carbonyl (C=O) groups is 2. The molecule has 0 atom stereocenters. The van der Waals surface area contributed by atoms with E-state index in [1.165, 1.54) is 30.5 Å². The second-order valence-electron chi connectivity index (χ2n) is 6.98. The molecule has 0 aliphatic carbocycles.